The topological polar surface area (TPSA) is 93.0 Å². The van der Waals surface area contributed by atoms with E-state index in [0.29, 0.717) is 29.1 Å². The number of alkyl halides is 3. The summed E-state index contributed by atoms with van der Waals surface area (Å²) in [6, 6.07) is 16.1. The first-order valence-corrected chi connectivity index (χ1v) is 16.2. The van der Waals surface area contributed by atoms with Crippen LogP contribution in [0, 0.1) is 17.7 Å². The normalized spacial score (nSPS) is 13.9. The summed E-state index contributed by atoms with van der Waals surface area (Å²) in [5, 5.41) is 4.12. The molecule has 256 valence electrons. The average Bonchev–Trinajstić information content (AvgIpc) is 3.09. The lowest BCUT2D eigenvalue weighted by atomic mass is 10.0. The van der Waals surface area contributed by atoms with Gasteiger partial charge in [0.2, 0.25) is 0 Å². The molecule has 1 fully saturated rings. The smallest absolute Gasteiger partial charge is 0.380 e. The second-order valence-corrected chi connectivity index (χ2v) is 12.4. The quantitative estimate of drug-likeness (QED) is 0.108. The highest BCUT2D eigenvalue weighted by atomic mass is 19.4. The highest BCUT2D eigenvalue weighted by Crippen LogP contribution is 2.27. The van der Waals surface area contributed by atoms with E-state index in [-0.39, 0.29) is 42.6 Å². The Bertz CT molecular complexity index is 2130. The number of ketones is 1. The Morgan fingerprint density at radius 3 is 2.54 bits per heavy atom. The maximum atomic E-state index is 14.9. The number of pyridine rings is 2. The van der Waals surface area contributed by atoms with Gasteiger partial charge in [-0.2, -0.15) is 13.2 Å². The summed E-state index contributed by atoms with van der Waals surface area (Å²) in [4.78, 5) is 40.6. The Morgan fingerprint density at radius 1 is 1.00 bits per heavy atom. The number of rotatable bonds is 9. The zero-order valence-electron chi connectivity index (χ0n) is 27.3. The van der Waals surface area contributed by atoms with Crippen LogP contribution in [0.15, 0.2) is 84.0 Å². The summed E-state index contributed by atoms with van der Waals surface area (Å²) in [6.07, 6.45) is 2.26. The number of benzene rings is 2. The van der Waals surface area contributed by atoms with E-state index in [1.807, 2.05) is 24.3 Å². The summed E-state index contributed by atoms with van der Waals surface area (Å²) < 4.78 is 54.6. The van der Waals surface area contributed by atoms with E-state index in [0.717, 1.165) is 54.7 Å². The minimum atomic E-state index is -4.56. The number of Topliss-reactive ketones (excluding diaryl/α,β-unsaturated/α-hetero) is 1. The molecule has 0 radical (unpaired) electrons. The third-order valence-corrected chi connectivity index (χ3v) is 8.60. The molecule has 2 aromatic carbocycles. The first-order valence-electron chi connectivity index (χ1n) is 16.2. The maximum Gasteiger partial charge on any atom is 0.433 e. The van der Waals surface area contributed by atoms with Gasteiger partial charge in [0.15, 0.2) is 5.78 Å². The van der Waals surface area contributed by atoms with Crippen LogP contribution in [0.3, 0.4) is 0 Å². The van der Waals surface area contributed by atoms with E-state index in [1.165, 1.54) is 29.0 Å². The van der Waals surface area contributed by atoms with Gasteiger partial charge in [0.1, 0.15) is 17.3 Å². The van der Waals surface area contributed by atoms with E-state index < -0.39 is 17.4 Å². The number of nitrogens with zero attached hydrogens (tertiary/aromatic N) is 5. The lowest BCUT2D eigenvalue weighted by Crippen LogP contribution is -2.36. The molecule has 1 saturated heterocycles. The molecule has 1 aliphatic heterocycles. The van der Waals surface area contributed by atoms with Gasteiger partial charge in [-0.1, -0.05) is 24.0 Å². The van der Waals surface area contributed by atoms with Gasteiger partial charge in [-0.25, -0.2) is 14.4 Å². The van der Waals surface area contributed by atoms with Gasteiger partial charge < -0.3 is 14.8 Å². The molecule has 0 saturated carbocycles. The highest BCUT2D eigenvalue weighted by Gasteiger charge is 2.32. The van der Waals surface area contributed by atoms with Crippen LogP contribution < -0.4 is 10.9 Å². The Labute approximate surface area is 286 Å². The van der Waals surface area contributed by atoms with Crippen LogP contribution in [0.5, 0.6) is 0 Å². The third kappa shape index (κ3) is 8.59. The van der Waals surface area contributed by atoms with Crippen molar-refractivity contribution >= 4 is 22.4 Å². The Kier molecular flexibility index (Phi) is 10.3. The molecule has 0 unspecified atom stereocenters. The first-order chi connectivity index (χ1) is 24.0. The fourth-order valence-electron chi connectivity index (χ4n) is 5.81. The Hall–Kier alpha value is -5.41. The molecule has 0 spiro atoms. The number of nitrogens with one attached hydrogen (secondary N) is 1. The lowest BCUT2D eigenvalue weighted by molar-refractivity contribution is -0.141. The first kappa shape index (κ1) is 34.5. The second-order valence-electron chi connectivity index (χ2n) is 12.4. The van der Waals surface area contributed by atoms with Crippen LogP contribution in [0.2, 0.25) is 0 Å². The predicted octanol–water partition coefficient (Wildman–Crippen LogP) is 6.50. The van der Waals surface area contributed by atoms with Gasteiger partial charge in [-0.05, 0) is 92.6 Å². The molecule has 8 nitrogen and oxygen atoms in total. The molecular formula is C38H34F4N6O2. The van der Waals surface area contributed by atoms with Gasteiger partial charge in [0.25, 0.3) is 5.56 Å². The number of carbonyl (C=O) groups is 1. The molecule has 0 aliphatic carbocycles. The standard InChI is InChI=1S/C38H34F4N6O2/c1-47-17-14-29(15-18-47)45-33-12-9-26(20-31(33)39)21-36-44-23-28-19-25(8-11-32(28)46-36)5-2-3-7-34(49)30-6-4-16-48(37(30)50)24-27-10-13-35(43-22-27)38(40,41)42/h4,6,8-13,16,19-20,22-23,29,45H,3,7,14-15,17-18,21,24H2,1H3. The molecule has 50 heavy (non-hydrogen) atoms. The van der Waals surface area contributed by atoms with Crippen LogP contribution in [0.4, 0.5) is 23.2 Å². The molecule has 1 N–H and O–H groups in total. The summed E-state index contributed by atoms with van der Waals surface area (Å²) in [7, 11) is 2.09. The SMILES string of the molecule is CN1CCC(Nc2ccc(Cc3ncc4cc(C#CCCC(=O)c5cccn(Cc6ccc(C(F)(F)F)nc6)c5=O)ccc4n3)cc2F)CC1. The molecule has 0 bridgehead atoms. The number of hydrogen-bond acceptors (Lipinski definition) is 7. The number of aromatic nitrogens is 4. The van der Waals surface area contributed by atoms with Crippen LogP contribution in [0.1, 0.15) is 64.2 Å². The molecule has 0 atom stereocenters. The number of piperidine rings is 1. The summed E-state index contributed by atoms with van der Waals surface area (Å²) in [5.74, 6) is 5.91. The molecule has 4 heterocycles. The van der Waals surface area contributed by atoms with Gasteiger partial charge in [-0.15, -0.1) is 0 Å². The number of carbonyl (C=O) groups excluding carboxylic acids is 1. The van der Waals surface area contributed by atoms with E-state index >= 15 is 0 Å². The predicted molar refractivity (Wildman–Crippen MR) is 182 cm³/mol. The number of fused-ring (bicyclic) bond motifs is 1. The largest absolute Gasteiger partial charge is 0.433 e. The van der Waals surface area contributed by atoms with Crippen molar-refractivity contribution in [2.24, 2.45) is 0 Å². The fraction of sp³-hybridized carbons (Fsp3) is 0.289. The number of hydrogen-bond donors (Lipinski definition) is 1. The van der Waals surface area contributed by atoms with Crippen molar-refractivity contribution in [3.05, 3.63) is 129 Å². The van der Waals surface area contributed by atoms with E-state index in [2.05, 4.69) is 44.1 Å². The number of anilines is 1. The van der Waals surface area contributed by atoms with Crippen molar-refractivity contribution in [3.63, 3.8) is 0 Å². The fourth-order valence-corrected chi connectivity index (χ4v) is 5.81. The molecule has 3 aromatic heterocycles. The third-order valence-electron chi connectivity index (χ3n) is 8.60. The maximum absolute atomic E-state index is 14.9. The van der Waals surface area contributed by atoms with E-state index in [4.69, 9.17) is 0 Å². The summed E-state index contributed by atoms with van der Waals surface area (Å²) in [6.45, 7) is 1.96. The minimum absolute atomic E-state index is 0.0178. The van der Waals surface area contributed by atoms with Crippen LogP contribution in [-0.2, 0) is 19.1 Å². The van der Waals surface area contributed by atoms with Crippen molar-refractivity contribution in [2.75, 3.05) is 25.5 Å². The van der Waals surface area contributed by atoms with Crippen molar-refractivity contribution in [1.29, 1.82) is 0 Å². The minimum Gasteiger partial charge on any atom is -0.380 e. The number of halogens is 4. The molecule has 1 aliphatic rings. The molecule has 0 amide bonds. The van der Waals surface area contributed by atoms with Crippen molar-refractivity contribution in [3.8, 4) is 11.8 Å². The average molecular weight is 683 g/mol. The second kappa shape index (κ2) is 15.0. The molecule has 5 aromatic rings. The Balaban J connectivity index is 1.03. The zero-order chi connectivity index (χ0) is 35.3. The monoisotopic (exact) mass is 682 g/mol. The molecule has 6 rings (SSSR count). The molecular weight excluding hydrogens is 648 g/mol. The number of likely N-dealkylation sites (tertiary alicyclic amines) is 1. The summed E-state index contributed by atoms with van der Waals surface area (Å²) >= 11 is 0. The van der Waals surface area contributed by atoms with Crippen LogP contribution >= 0.6 is 0 Å². The highest BCUT2D eigenvalue weighted by molar-refractivity contribution is 5.95. The van der Waals surface area contributed by atoms with Gasteiger partial charge >= 0.3 is 6.18 Å². The summed E-state index contributed by atoms with van der Waals surface area (Å²) in [5.41, 5.74) is 1.54. The van der Waals surface area contributed by atoms with Crippen LogP contribution in [0.25, 0.3) is 10.9 Å². The van der Waals surface area contributed by atoms with Gasteiger partial charge in [0.05, 0.1) is 23.3 Å². The van der Waals surface area contributed by atoms with Gasteiger partial charge in [0, 0.05) is 54.8 Å². The molecule has 12 heteroatoms. The van der Waals surface area contributed by atoms with Crippen molar-refractivity contribution in [2.45, 2.75) is 50.9 Å². The van der Waals surface area contributed by atoms with E-state index in [1.54, 1.807) is 18.3 Å². The van der Waals surface area contributed by atoms with Crippen molar-refractivity contribution < 1.29 is 22.4 Å². The van der Waals surface area contributed by atoms with Crippen molar-refractivity contribution in [1.82, 2.24) is 24.4 Å². The van der Waals surface area contributed by atoms with Crippen LogP contribution in [-0.4, -0.2) is 56.4 Å². The van der Waals surface area contributed by atoms with E-state index in [9.17, 15) is 27.2 Å². The zero-order valence-corrected chi connectivity index (χ0v) is 27.3. The Morgan fingerprint density at radius 2 is 1.80 bits per heavy atom. The lowest BCUT2D eigenvalue weighted by Gasteiger charge is -2.30. The van der Waals surface area contributed by atoms with Gasteiger partial charge in [-0.3, -0.25) is 14.6 Å².